The van der Waals surface area contributed by atoms with Crippen molar-refractivity contribution in [3.8, 4) is 17.2 Å². The van der Waals surface area contributed by atoms with Crippen LogP contribution in [0.15, 0.2) is 42.5 Å². The molecular weight excluding hydrogens is 406 g/mol. The lowest BCUT2D eigenvalue weighted by Crippen LogP contribution is -2.56. The van der Waals surface area contributed by atoms with Gasteiger partial charge in [0, 0.05) is 24.1 Å². The van der Waals surface area contributed by atoms with E-state index in [1.807, 2.05) is 36.1 Å². The quantitative estimate of drug-likeness (QED) is 0.712. The van der Waals surface area contributed by atoms with Gasteiger partial charge in [0.15, 0.2) is 0 Å². The Bertz CT molecular complexity index is 961. The van der Waals surface area contributed by atoms with Crippen molar-refractivity contribution >= 4 is 5.91 Å². The number of methoxy groups -OCH3 is 2. The molecule has 4 rings (SSSR count). The topological polar surface area (TPSA) is 68.2 Å². The SMILES string of the molecule is CCOc1ccccc1[C@H]1[C@H]2CCCC[C@]2(O)CCN1C(=O)c1ccc(OC)cc1OC. The summed E-state index contributed by atoms with van der Waals surface area (Å²) in [5, 5.41) is 11.6. The number of fused-ring (bicyclic) bond motifs is 1. The number of benzene rings is 2. The van der Waals surface area contributed by atoms with Gasteiger partial charge in [0.25, 0.3) is 5.91 Å². The lowest BCUT2D eigenvalue weighted by atomic mass is 9.66. The highest BCUT2D eigenvalue weighted by Crippen LogP contribution is 2.51. The van der Waals surface area contributed by atoms with Crippen molar-refractivity contribution in [2.45, 2.75) is 50.7 Å². The molecule has 2 aromatic carbocycles. The molecule has 1 saturated carbocycles. The fourth-order valence-corrected chi connectivity index (χ4v) is 5.44. The van der Waals surface area contributed by atoms with Crippen LogP contribution in [-0.4, -0.2) is 48.9 Å². The first-order valence-corrected chi connectivity index (χ1v) is 11.5. The molecule has 2 fully saturated rings. The van der Waals surface area contributed by atoms with Crippen LogP contribution in [0.25, 0.3) is 0 Å². The fraction of sp³-hybridized carbons (Fsp3) is 0.500. The molecule has 2 aliphatic rings. The van der Waals surface area contributed by atoms with Crippen molar-refractivity contribution in [3.63, 3.8) is 0 Å². The maximum atomic E-state index is 13.9. The zero-order valence-corrected chi connectivity index (χ0v) is 19.2. The molecule has 0 spiro atoms. The van der Waals surface area contributed by atoms with Gasteiger partial charge in [0.05, 0.1) is 38.0 Å². The Labute approximate surface area is 190 Å². The van der Waals surface area contributed by atoms with Crippen LogP contribution in [0.5, 0.6) is 17.2 Å². The molecule has 32 heavy (non-hydrogen) atoms. The van der Waals surface area contributed by atoms with Crippen LogP contribution in [0, 0.1) is 5.92 Å². The molecule has 172 valence electrons. The summed E-state index contributed by atoms with van der Waals surface area (Å²) >= 11 is 0. The normalized spacial score (nSPS) is 25.1. The van der Waals surface area contributed by atoms with E-state index < -0.39 is 5.60 Å². The molecule has 1 aliphatic heterocycles. The van der Waals surface area contributed by atoms with E-state index in [0.717, 1.165) is 37.0 Å². The van der Waals surface area contributed by atoms with Gasteiger partial charge in [-0.2, -0.15) is 0 Å². The third-order valence-electron chi connectivity index (χ3n) is 7.01. The molecule has 1 saturated heterocycles. The van der Waals surface area contributed by atoms with Crippen LogP contribution in [-0.2, 0) is 0 Å². The van der Waals surface area contributed by atoms with E-state index in [4.69, 9.17) is 14.2 Å². The first-order chi connectivity index (χ1) is 15.5. The summed E-state index contributed by atoms with van der Waals surface area (Å²) in [6.07, 6.45) is 4.31. The van der Waals surface area contributed by atoms with Gasteiger partial charge in [-0.15, -0.1) is 0 Å². The third kappa shape index (κ3) is 4.04. The van der Waals surface area contributed by atoms with E-state index in [2.05, 4.69) is 0 Å². The Hall–Kier alpha value is -2.73. The minimum absolute atomic E-state index is 0.0419. The van der Waals surface area contributed by atoms with E-state index in [1.165, 1.54) is 0 Å². The highest BCUT2D eigenvalue weighted by Gasteiger charge is 2.51. The lowest BCUT2D eigenvalue weighted by molar-refractivity contribution is -0.115. The molecule has 0 unspecified atom stereocenters. The molecule has 1 N–H and O–H groups in total. The van der Waals surface area contributed by atoms with Crippen molar-refractivity contribution in [3.05, 3.63) is 53.6 Å². The first kappa shape index (κ1) is 22.5. The number of ether oxygens (including phenoxy) is 3. The number of likely N-dealkylation sites (tertiary alicyclic amines) is 1. The van der Waals surface area contributed by atoms with Crippen molar-refractivity contribution in [2.75, 3.05) is 27.4 Å². The van der Waals surface area contributed by atoms with Gasteiger partial charge >= 0.3 is 0 Å². The number of aliphatic hydroxyl groups is 1. The summed E-state index contributed by atoms with van der Waals surface area (Å²) in [4.78, 5) is 15.8. The van der Waals surface area contributed by atoms with Crippen molar-refractivity contribution < 1.29 is 24.1 Å². The number of nitrogens with zero attached hydrogens (tertiary/aromatic N) is 1. The average molecular weight is 440 g/mol. The van der Waals surface area contributed by atoms with Gasteiger partial charge in [-0.1, -0.05) is 31.0 Å². The Balaban J connectivity index is 1.79. The zero-order valence-electron chi connectivity index (χ0n) is 19.2. The largest absolute Gasteiger partial charge is 0.497 e. The molecule has 3 atom stereocenters. The van der Waals surface area contributed by atoms with Crippen LogP contribution in [0.2, 0.25) is 0 Å². The van der Waals surface area contributed by atoms with Crippen LogP contribution in [0.4, 0.5) is 0 Å². The smallest absolute Gasteiger partial charge is 0.258 e. The van der Waals surface area contributed by atoms with Gasteiger partial charge in [-0.25, -0.2) is 0 Å². The molecule has 2 aromatic rings. The summed E-state index contributed by atoms with van der Waals surface area (Å²) in [5.41, 5.74) is 0.692. The van der Waals surface area contributed by atoms with Crippen LogP contribution >= 0.6 is 0 Å². The average Bonchev–Trinajstić information content (AvgIpc) is 2.82. The number of piperidine rings is 1. The minimum atomic E-state index is -0.761. The van der Waals surface area contributed by atoms with Crippen molar-refractivity contribution in [1.82, 2.24) is 4.90 Å². The molecule has 0 aromatic heterocycles. The molecule has 0 bridgehead atoms. The maximum Gasteiger partial charge on any atom is 0.258 e. The summed E-state index contributed by atoms with van der Waals surface area (Å²) < 4.78 is 16.8. The Morgan fingerprint density at radius 1 is 1.09 bits per heavy atom. The molecule has 1 aliphatic carbocycles. The second kappa shape index (κ2) is 9.41. The molecule has 1 amide bonds. The lowest BCUT2D eigenvalue weighted by Gasteiger charge is -2.52. The fourth-order valence-electron chi connectivity index (χ4n) is 5.44. The number of para-hydroxylation sites is 1. The predicted octanol–water partition coefficient (Wildman–Crippen LogP) is 4.61. The van der Waals surface area contributed by atoms with Crippen LogP contribution < -0.4 is 14.2 Å². The predicted molar refractivity (Wildman–Crippen MR) is 122 cm³/mol. The van der Waals surface area contributed by atoms with Crippen LogP contribution in [0.1, 0.15) is 61.0 Å². The number of amides is 1. The molecule has 0 radical (unpaired) electrons. The maximum absolute atomic E-state index is 13.9. The van der Waals surface area contributed by atoms with Gasteiger partial charge < -0.3 is 24.2 Å². The van der Waals surface area contributed by atoms with E-state index in [1.54, 1.807) is 32.4 Å². The standard InChI is InChI=1S/C26H33NO5/c1-4-32-22-11-6-5-9-19(22)24-21-10-7-8-14-26(21,29)15-16-27(24)25(28)20-13-12-18(30-2)17-23(20)31-3/h5-6,9,11-13,17,21,24,29H,4,7-8,10,14-16H2,1-3H3/t21-,24+,26+/m1/s1. The molecule has 6 nitrogen and oxygen atoms in total. The van der Waals surface area contributed by atoms with Crippen molar-refractivity contribution in [1.29, 1.82) is 0 Å². The van der Waals surface area contributed by atoms with Gasteiger partial charge in [-0.3, -0.25) is 4.79 Å². The summed E-state index contributed by atoms with van der Waals surface area (Å²) in [6, 6.07) is 12.9. The van der Waals surface area contributed by atoms with Gasteiger partial charge in [0.1, 0.15) is 17.2 Å². The van der Waals surface area contributed by atoms with E-state index in [9.17, 15) is 9.90 Å². The van der Waals surface area contributed by atoms with Crippen LogP contribution in [0.3, 0.4) is 0 Å². The van der Waals surface area contributed by atoms with Gasteiger partial charge in [0.2, 0.25) is 0 Å². The zero-order chi connectivity index (χ0) is 22.7. The highest BCUT2D eigenvalue weighted by atomic mass is 16.5. The van der Waals surface area contributed by atoms with E-state index in [0.29, 0.717) is 36.6 Å². The van der Waals surface area contributed by atoms with E-state index >= 15 is 0 Å². The first-order valence-electron chi connectivity index (χ1n) is 11.5. The number of hydrogen-bond acceptors (Lipinski definition) is 5. The Morgan fingerprint density at radius 3 is 2.66 bits per heavy atom. The number of carbonyl (C=O) groups excluding carboxylic acids is 1. The molecular formula is C26H33NO5. The monoisotopic (exact) mass is 439 g/mol. The number of rotatable bonds is 6. The third-order valence-corrected chi connectivity index (χ3v) is 7.01. The Morgan fingerprint density at radius 2 is 1.91 bits per heavy atom. The second-order valence-corrected chi connectivity index (χ2v) is 8.69. The number of hydrogen-bond donors (Lipinski definition) is 1. The van der Waals surface area contributed by atoms with E-state index in [-0.39, 0.29) is 17.9 Å². The molecule has 6 heteroatoms. The summed E-state index contributed by atoms with van der Waals surface area (Å²) in [7, 11) is 3.15. The number of carbonyl (C=O) groups is 1. The molecule has 1 heterocycles. The highest BCUT2D eigenvalue weighted by molar-refractivity contribution is 5.97. The van der Waals surface area contributed by atoms with Gasteiger partial charge in [-0.05, 0) is 44.4 Å². The summed E-state index contributed by atoms with van der Waals surface area (Å²) in [6.45, 7) is 2.98. The summed E-state index contributed by atoms with van der Waals surface area (Å²) in [5.74, 6) is 1.75. The Kier molecular flexibility index (Phi) is 6.60. The second-order valence-electron chi connectivity index (χ2n) is 8.69. The minimum Gasteiger partial charge on any atom is -0.497 e. The van der Waals surface area contributed by atoms with Crippen molar-refractivity contribution in [2.24, 2.45) is 5.92 Å².